The van der Waals surface area contributed by atoms with Crippen LogP contribution in [0, 0.1) is 6.92 Å². The highest BCUT2D eigenvalue weighted by atomic mass is 16.4. The lowest BCUT2D eigenvalue weighted by Gasteiger charge is -2.21. The summed E-state index contributed by atoms with van der Waals surface area (Å²) in [5, 5.41) is 16.5. The summed E-state index contributed by atoms with van der Waals surface area (Å²) in [6, 6.07) is 20.1. The highest BCUT2D eigenvalue weighted by Gasteiger charge is 2.30. The minimum absolute atomic E-state index is 0.168. The highest BCUT2D eigenvalue weighted by Crippen LogP contribution is 2.36. The van der Waals surface area contributed by atoms with Gasteiger partial charge < -0.3 is 9.67 Å². The molecular weight excluding hydrogens is 436 g/mol. The molecule has 0 radical (unpaired) electrons. The van der Waals surface area contributed by atoms with Crippen LogP contribution in [0.3, 0.4) is 0 Å². The molecule has 0 amide bonds. The quantitative estimate of drug-likeness (QED) is 0.350. The molecule has 0 spiro atoms. The first-order valence-corrected chi connectivity index (χ1v) is 11.9. The van der Waals surface area contributed by atoms with E-state index in [4.69, 9.17) is 10.1 Å². The Labute approximate surface area is 204 Å². The number of fused-ring (bicyclic) bond motifs is 2. The minimum Gasteiger partial charge on any atom is -0.481 e. The largest absolute Gasteiger partial charge is 0.481 e. The van der Waals surface area contributed by atoms with E-state index in [9.17, 15) is 9.90 Å². The number of hydrogen-bond acceptors (Lipinski definition) is 3. The number of rotatable bonds is 5. The normalized spacial score (nSPS) is 12.9. The number of benzene rings is 2. The second-order valence-corrected chi connectivity index (χ2v) is 10.3. The van der Waals surface area contributed by atoms with Crippen LogP contribution in [0.5, 0.6) is 0 Å². The van der Waals surface area contributed by atoms with Crippen molar-refractivity contribution < 1.29 is 9.90 Å². The smallest absolute Gasteiger partial charge is 0.311 e. The van der Waals surface area contributed by atoms with Gasteiger partial charge in [-0.3, -0.25) is 4.79 Å². The Morgan fingerprint density at radius 2 is 1.80 bits per heavy atom. The zero-order valence-corrected chi connectivity index (χ0v) is 20.8. The van der Waals surface area contributed by atoms with Gasteiger partial charge in [0, 0.05) is 52.4 Å². The van der Waals surface area contributed by atoms with Gasteiger partial charge in [-0.05, 0) is 37.1 Å². The Kier molecular flexibility index (Phi) is 5.47. The lowest BCUT2D eigenvalue weighted by atomic mass is 9.87. The molecule has 5 rings (SSSR count). The molecule has 0 saturated heterocycles. The van der Waals surface area contributed by atoms with Crippen molar-refractivity contribution in [3.63, 3.8) is 0 Å². The van der Waals surface area contributed by atoms with Crippen molar-refractivity contribution in [3.05, 3.63) is 89.4 Å². The van der Waals surface area contributed by atoms with Gasteiger partial charge in [-0.2, -0.15) is 5.10 Å². The minimum atomic E-state index is -0.872. The van der Waals surface area contributed by atoms with Crippen LogP contribution in [0.2, 0.25) is 0 Å². The SMILES string of the molecule is Cc1nc2cc(C(C)(C)C)nn2c(-c2ccc3c(ccn3C)c2)c1C(Cc1ccccc1)C(=O)O. The summed E-state index contributed by atoms with van der Waals surface area (Å²) in [5.41, 5.74) is 6.69. The molecule has 0 fully saturated rings. The fraction of sp³-hybridized carbons (Fsp3) is 0.276. The van der Waals surface area contributed by atoms with E-state index < -0.39 is 11.9 Å². The Morgan fingerprint density at radius 1 is 1.06 bits per heavy atom. The van der Waals surface area contributed by atoms with E-state index in [0.717, 1.165) is 39.1 Å². The zero-order valence-electron chi connectivity index (χ0n) is 20.8. The second-order valence-electron chi connectivity index (χ2n) is 10.3. The predicted octanol–water partition coefficient (Wildman–Crippen LogP) is 5.90. The zero-order chi connectivity index (χ0) is 24.9. The van der Waals surface area contributed by atoms with Crippen LogP contribution in [0.15, 0.2) is 66.9 Å². The Hall–Kier alpha value is -3.93. The maximum Gasteiger partial charge on any atom is 0.311 e. The summed E-state index contributed by atoms with van der Waals surface area (Å²) < 4.78 is 3.92. The van der Waals surface area contributed by atoms with E-state index in [-0.39, 0.29) is 5.41 Å². The van der Waals surface area contributed by atoms with Gasteiger partial charge in [0.05, 0.1) is 17.3 Å². The number of nitrogens with zero attached hydrogens (tertiary/aromatic N) is 4. The van der Waals surface area contributed by atoms with Gasteiger partial charge in [0.15, 0.2) is 5.65 Å². The monoisotopic (exact) mass is 466 g/mol. The summed E-state index contributed by atoms with van der Waals surface area (Å²) in [5.74, 6) is -1.64. The van der Waals surface area contributed by atoms with Gasteiger partial charge >= 0.3 is 5.97 Å². The molecule has 0 aliphatic carbocycles. The third-order valence-corrected chi connectivity index (χ3v) is 6.69. The molecule has 0 aliphatic heterocycles. The Balaban J connectivity index is 1.81. The molecule has 1 atom stereocenters. The fourth-order valence-corrected chi connectivity index (χ4v) is 4.79. The van der Waals surface area contributed by atoms with Crippen LogP contribution >= 0.6 is 0 Å². The first-order chi connectivity index (χ1) is 16.6. The van der Waals surface area contributed by atoms with Crippen molar-refractivity contribution >= 4 is 22.5 Å². The van der Waals surface area contributed by atoms with Crippen molar-refractivity contribution in [1.29, 1.82) is 0 Å². The number of carbonyl (C=O) groups is 1. The van der Waals surface area contributed by atoms with Crippen molar-refractivity contribution in [3.8, 4) is 11.3 Å². The maximum atomic E-state index is 12.7. The van der Waals surface area contributed by atoms with Gasteiger partial charge in [-0.15, -0.1) is 0 Å². The number of hydrogen-bond donors (Lipinski definition) is 1. The average Bonchev–Trinajstić information content (AvgIpc) is 3.40. The van der Waals surface area contributed by atoms with Gasteiger partial charge in [0.25, 0.3) is 0 Å². The molecule has 2 aromatic carbocycles. The lowest BCUT2D eigenvalue weighted by Crippen LogP contribution is -2.19. The molecule has 35 heavy (non-hydrogen) atoms. The Morgan fingerprint density at radius 3 is 2.49 bits per heavy atom. The summed E-state index contributed by atoms with van der Waals surface area (Å²) in [4.78, 5) is 17.5. The van der Waals surface area contributed by atoms with Crippen LogP contribution in [0.1, 0.15) is 49.2 Å². The summed E-state index contributed by atoms with van der Waals surface area (Å²) >= 11 is 0. The Bertz CT molecular complexity index is 1550. The van der Waals surface area contributed by atoms with Crippen molar-refractivity contribution in [1.82, 2.24) is 19.2 Å². The molecule has 1 unspecified atom stereocenters. The molecule has 0 bridgehead atoms. The molecule has 0 saturated carbocycles. The molecule has 5 aromatic rings. The molecule has 6 nitrogen and oxygen atoms in total. The molecule has 3 heterocycles. The van der Waals surface area contributed by atoms with E-state index in [2.05, 4.69) is 49.6 Å². The van der Waals surface area contributed by atoms with E-state index in [1.165, 1.54) is 0 Å². The van der Waals surface area contributed by atoms with Crippen LogP contribution in [-0.2, 0) is 23.7 Å². The predicted molar refractivity (Wildman–Crippen MR) is 139 cm³/mol. The number of carboxylic acids is 1. The highest BCUT2D eigenvalue weighted by molar-refractivity contribution is 5.88. The van der Waals surface area contributed by atoms with Gasteiger partial charge in [0.2, 0.25) is 0 Å². The first kappa shape index (κ1) is 22.8. The molecule has 3 aromatic heterocycles. The van der Waals surface area contributed by atoms with Crippen LogP contribution < -0.4 is 0 Å². The first-order valence-electron chi connectivity index (χ1n) is 11.9. The molecule has 6 heteroatoms. The topological polar surface area (TPSA) is 72.4 Å². The van der Waals surface area contributed by atoms with Crippen molar-refractivity contribution in [2.24, 2.45) is 7.05 Å². The molecule has 0 aliphatic rings. The van der Waals surface area contributed by atoms with Crippen LogP contribution in [0.25, 0.3) is 27.8 Å². The van der Waals surface area contributed by atoms with Gasteiger partial charge in [-0.25, -0.2) is 9.50 Å². The van der Waals surface area contributed by atoms with E-state index in [1.807, 2.05) is 61.1 Å². The van der Waals surface area contributed by atoms with E-state index in [1.54, 1.807) is 0 Å². The number of aromatic nitrogens is 4. The molecule has 178 valence electrons. The number of aliphatic carboxylic acids is 1. The average molecular weight is 467 g/mol. The number of carboxylic acid groups (broad SMARTS) is 1. The van der Waals surface area contributed by atoms with Crippen LogP contribution in [-0.4, -0.2) is 30.2 Å². The van der Waals surface area contributed by atoms with Crippen molar-refractivity contribution in [2.45, 2.75) is 45.4 Å². The summed E-state index contributed by atoms with van der Waals surface area (Å²) in [6.07, 6.45) is 2.40. The van der Waals surface area contributed by atoms with Crippen LogP contribution in [0.4, 0.5) is 0 Å². The molecular formula is C29H30N4O2. The summed E-state index contributed by atoms with van der Waals surface area (Å²) in [7, 11) is 2.02. The van der Waals surface area contributed by atoms with Crippen molar-refractivity contribution in [2.75, 3.05) is 0 Å². The maximum absolute atomic E-state index is 12.7. The van der Waals surface area contributed by atoms with E-state index in [0.29, 0.717) is 17.7 Å². The van der Waals surface area contributed by atoms with E-state index >= 15 is 0 Å². The van der Waals surface area contributed by atoms with Gasteiger partial charge in [0.1, 0.15) is 0 Å². The second kappa shape index (κ2) is 8.38. The summed E-state index contributed by atoms with van der Waals surface area (Å²) in [6.45, 7) is 8.26. The lowest BCUT2D eigenvalue weighted by molar-refractivity contribution is -0.138. The third-order valence-electron chi connectivity index (χ3n) is 6.69. The fourth-order valence-electron chi connectivity index (χ4n) is 4.79. The standard InChI is InChI=1S/C29H30N4O2/c1-18-26(22(28(34)35)15-19-9-7-6-8-10-19)27(21-11-12-23-20(16-21)13-14-32(23)5)33-25(30-18)17-24(31-33)29(2,3)4/h6-14,16-17,22H,15H2,1-5H3,(H,34,35). The third kappa shape index (κ3) is 4.09. The number of aryl methyl sites for hydroxylation is 2. The molecule has 1 N–H and O–H groups in total. The van der Waals surface area contributed by atoms with Gasteiger partial charge in [-0.1, -0.05) is 57.2 Å².